The number of nitrogens with one attached hydrogen (secondary N) is 1. The van der Waals surface area contributed by atoms with Crippen LogP contribution in [0.4, 0.5) is 0 Å². The molecular formula is C18H19N3O4S. The number of nitrogens with zero attached hydrogens (tertiary/aromatic N) is 2. The summed E-state index contributed by atoms with van der Waals surface area (Å²) in [5.74, 6) is -0.684. The molecule has 26 heavy (non-hydrogen) atoms. The summed E-state index contributed by atoms with van der Waals surface area (Å²) in [7, 11) is -2.59. The molecule has 0 radical (unpaired) electrons. The van der Waals surface area contributed by atoms with Gasteiger partial charge < -0.3 is 9.30 Å². The molecule has 2 heterocycles. The average molecular weight is 373 g/mol. The Balaban J connectivity index is 1.65. The van der Waals surface area contributed by atoms with Gasteiger partial charge in [0.15, 0.2) is 0 Å². The van der Waals surface area contributed by atoms with Crippen molar-refractivity contribution >= 4 is 27.0 Å². The molecule has 7 nitrogen and oxygen atoms in total. The number of carbonyl (C=O) groups excluding carboxylic acids is 1. The van der Waals surface area contributed by atoms with Crippen LogP contribution in [0.2, 0.25) is 0 Å². The van der Waals surface area contributed by atoms with Gasteiger partial charge in [-0.25, -0.2) is 22.9 Å². The number of benzene rings is 1. The first-order valence-corrected chi connectivity index (χ1v) is 9.58. The van der Waals surface area contributed by atoms with E-state index in [0.29, 0.717) is 13.0 Å². The first kappa shape index (κ1) is 18.1. The Kier molecular flexibility index (Phi) is 5.34. The third-order valence-electron chi connectivity index (χ3n) is 3.97. The smallest absolute Gasteiger partial charge is 0.339 e. The van der Waals surface area contributed by atoms with Crippen molar-refractivity contribution in [3.63, 3.8) is 0 Å². The number of pyridine rings is 1. The van der Waals surface area contributed by atoms with Crippen LogP contribution in [0.25, 0.3) is 11.0 Å². The van der Waals surface area contributed by atoms with Crippen molar-refractivity contribution in [2.24, 2.45) is 0 Å². The van der Waals surface area contributed by atoms with E-state index in [1.54, 1.807) is 18.3 Å². The highest BCUT2D eigenvalue weighted by Crippen LogP contribution is 2.16. The van der Waals surface area contributed by atoms with Crippen molar-refractivity contribution in [2.45, 2.75) is 17.9 Å². The van der Waals surface area contributed by atoms with Gasteiger partial charge in [0.05, 0.1) is 17.6 Å². The Labute approximate surface area is 151 Å². The van der Waals surface area contributed by atoms with Crippen LogP contribution in [0.15, 0.2) is 59.8 Å². The summed E-state index contributed by atoms with van der Waals surface area (Å²) in [6, 6.07) is 11.8. The fourth-order valence-corrected chi connectivity index (χ4v) is 3.98. The van der Waals surface area contributed by atoms with Crippen LogP contribution in [-0.2, 0) is 21.3 Å². The van der Waals surface area contributed by atoms with Gasteiger partial charge in [-0.05, 0) is 36.8 Å². The molecule has 2 aromatic heterocycles. The molecule has 0 saturated heterocycles. The van der Waals surface area contributed by atoms with Crippen LogP contribution in [0.5, 0.6) is 0 Å². The second-order valence-electron chi connectivity index (χ2n) is 5.66. The predicted molar refractivity (Wildman–Crippen MR) is 97.3 cm³/mol. The van der Waals surface area contributed by atoms with Gasteiger partial charge in [0, 0.05) is 30.9 Å². The van der Waals surface area contributed by atoms with Crippen molar-refractivity contribution in [1.29, 1.82) is 0 Å². The highest BCUT2D eigenvalue weighted by Gasteiger charge is 2.22. The SMILES string of the molecule is COC(=O)c1ccccc1S(=O)(=O)NCCCn1ccc2cccnc21. The Morgan fingerprint density at radius 1 is 1.19 bits per heavy atom. The molecule has 3 aromatic rings. The van der Waals surface area contributed by atoms with Crippen molar-refractivity contribution in [1.82, 2.24) is 14.3 Å². The van der Waals surface area contributed by atoms with E-state index in [9.17, 15) is 13.2 Å². The highest BCUT2D eigenvalue weighted by atomic mass is 32.2. The van der Waals surface area contributed by atoms with Crippen LogP contribution < -0.4 is 4.72 Å². The number of fused-ring (bicyclic) bond motifs is 1. The largest absolute Gasteiger partial charge is 0.465 e. The van der Waals surface area contributed by atoms with Crippen LogP contribution in [0, 0.1) is 0 Å². The van der Waals surface area contributed by atoms with Gasteiger partial charge in [0.25, 0.3) is 0 Å². The molecule has 0 fully saturated rings. The fraction of sp³-hybridized carbons (Fsp3) is 0.222. The molecule has 1 N–H and O–H groups in total. The number of rotatable bonds is 7. The highest BCUT2D eigenvalue weighted by molar-refractivity contribution is 7.89. The Hall–Kier alpha value is -2.71. The molecule has 0 atom stereocenters. The topological polar surface area (TPSA) is 90.3 Å². The van der Waals surface area contributed by atoms with Crippen LogP contribution >= 0.6 is 0 Å². The van der Waals surface area contributed by atoms with Crippen molar-refractivity contribution in [3.05, 3.63) is 60.4 Å². The molecule has 8 heteroatoms. The lowest BCUT2D eigenvalue weighted by atomic mass is 10.2. The molecule has 0 bridgehead atoms. The molecule has 0 unspecified atom stereocenters. The number of hydrogen-bond acceptors (Lipinski definition) is 5. The second kappa shape index (κ2) is 7.67. The van der Waals surface area contributed by atoms with Gasteiger partial charge in [-0.3, -0.25) is 0 Å². The molecule has 0 saturated carbocycles. The number of sulfonamides is 1. The summed E-state index contributed by atoms with van der Waals surface area (Å²) in [4.78, 5) is 16.0. The maximum absolute atomic E-state index is 12.5. The van der Waals surface area contributed by atoms with E-state index in [2.05, 4.69) is 14.4 Å². The maximum Gasteiger partial charge on any atom is 0.339 e. The molecule has 0 aliphatic carbocycles. The minimum absolute atomic E-state index is 0.0168. The second-order valence-corrected chi connectivity index (χ2v) is 7.40. The first-order valence-electron chi connectivity index (χ1n) is 8.10. The summed E-state index contributed by atoms with van der Waals surface area (Å²) in [6.07, 6.45) is 4.24. The normalized spacial score (nSPS) is 11.6. The van der Waals surface area contributed by atoms with E-state index < -0.39 is 16.0 Å². The number of methoxy groups -OCH3 is 1. The minimum atomic E-state index is -3.81. The van der Waals surface area contributed by atoms with E-state index in [0.717, 1.165) is 11.0 Å². The standard InChI is InChI=1S/C18H19N3O4S/c1-25-18(22)15-7-2-3-8-16(15)26(23,24)20-11-5-12-21-13-9-14-6-4-10-19-17(14)21/h2-4,6-10,13,20H,5,11-12H2,1H3. The molecule has 0 aliphatic rings. The molecule has 0 spiro atoms. The quantitative estimate of drug-likeness (QED) is 0.506. The van der Waals surface area contributed by atoms with Crippen LogP contribution in [-0.4, -0.2) is 37.6 Å². The number of esters is 1. The summed E-state index contributed by atoms with van der Waals surface area (Å²) < 4.78 is 34.2. The molecule has 1 aromatic carbocycles. The lowest BCUT2D eigenvalue weighted by Gasteiger charge is -2.10. The summed E-state index contributed by atoms with van der Waals surface area (Å²) in [5.41, 5.74) is 0.884. The zero-order valence-electron chi connectivity index (χ0n) is 14.3. The number of carbonyl (C=O) groups is 1. The lowest BCUT2D eigenvalue weighted by molar-refractivity contribution is 0.0596. The summed E-state index contributed by atoms with van der Waals surface area (Å²) in [5, 5.41) is 1.04. The summed E-state index contributed by atoms with van der Waals surface area (Å²) >= 11 is 0. The Morgan fingerprint density at radius 3 is 2.81 bits per heavy atom. The Morgan fingerprint density at radius 2 is 2.00 bits per heavy atom. The van der Waals surface area contributed by atoms with Crippen molar-refractivity contribution in [2.75, 3.05) is 13.7 Å². The third-order valence-corrected chi connectivity index (χ3v) is 5.49. The van der Waals surface area contributed by atoms with Gasteiger partial charge in [0.1, 0.15) is 5.65 Å². The van der Waals surface area contributed by atoms with E-state index >= 15 is 0 Å². The molecule has 3 rings (SSSR count). The van der Waals surface area contributed by atoms with Crippen LogP contribution in [0.1, 0.15) is 16.8 Å². The number of ether oxygens (including phenoxy) is 1. The fourth-order valence-electron chi connectivity index (χ4n) is 2.71. The Bertz CT molecular complexity index is 1030. The lowest BCUT2D eigenvalue weighted by Crippen LogP contribution is -2.27. The van der Waals surface area contributed by atoms with Gasteiger partial charge in [-0.1, -0.05) is 12.1 Å². The van der Waals surface area contributed by atoms with E-state index in [4.69, 9.17) is 0 Å². The average Bonchev–Trinajstić information content (AvgIpc) is 3.08. The van der Waals surface area contributed by atoms with Gasteiger partial charge in [-0.2, -0.15) is 0 Å². The predicted octanol–water partition coefficient (Wildman–Crippen LogP) is 2.19. The summed E-state index contributed by atoms with van der Waals surface area (Å²) in [6.45, 7) is 0.867. The van der Waals surface area contributed by atoms with Gasteiger partial charge in [-0.15, -0.1) is 0 Å². The minimum Gasteiger partial charge on any atom is -0.465 e. The van der Waals surface area contributed by atoms with E-state index in [1.807, 2.05) is 29.0 Å². The maximum atomic E-state index is 12.5. The zero-order chi connectivity index (χ0) is 18.6. The monoisotopic (exact) mass is 373 g/mol. The van der Waals surface area contributed by atoms with Crippen LogP contribution in [0.3, 0.4) is 0 Å². The van der Waals surface area contributed by atoms with E-state index in [-0.39, 0.29) is 17.0 Å². The molecule has 0 amide bonds. The molecule has 0 aliphatic heterocycles. The first-order chi connectivity index (χ1) is 12.5. The molecular weight excluding hydrogens is 354 g/mol. The van der Waals surface area contributed by atoms with Gasteiger partial charge in [0.2, 0.25) is 10.0 Å². The third kappa shape index (κ3) is 3.76. The van der Waals surface area contributed by atoms with Crippen molar-refractivity contribution < 1.29 is 17.9 Å². The number of hydrogen-bond donors (Lipinski definition) is 1. The van der Waals surface area contributed by atoms with E-state index in [1.165, 1.54) is 19.2 Å². The molecule has 136 valence electrons. The van der Waals surface area contributed by atoms with Gasteiger partial charge >= 0.3 is 5.97 Å². The van der Waals surface area contributed by atoms with Crippen molar-refractivity contribution in [3.8, 4) is 0 Å². The zero-order valence-corrected chi connectivity index (χ0v) is 15.1. The number of aryl methyl sites for hydroxylation is 1. The number of aromatic nitrogens is 2.